The Morgan fingerprint density at radius 2 is 1.88 bits per heavy atom. The van der Waals surface area contributed by atoms with E-state index in [0.717, 1.165) is 5.56 Å². The molecule has 3 heteroatoms. The van der Waals surface area contributed by atoms with Crippen LogP contribution in [0, 0.1) is 0 Å². The summed E-state index contributed by atoms with van der Waals surface area (Å²) < 4.78 is 0. The second-order valence-corrected chi connectivity index (χ2v) is 4.12. The first-order chi connectivity index (χ1) is 8.13. The molecule has 0 radical (unpaired) electrons. The number of hydrogen-bond donors (Lipinski definition) is 1. The molecule has 0 saturated heterocycles. The zero-order valence-electron chi connectivity index (χ0n) is 10.4. The lowest BCUT2D eigenvalue weighted by Crippen LogP contribution is -2.39. The van der Waals surface area contributed by atoms with Gasteiger partial charge in [0.25, 0.3) is 0 Å². The first kappa shape index (κ1) is 13.4. The Balaban J connectivity index is 2.37. The molecule has 1 aromatic carbocycles. The topological polar surface area (TPSA) is 46.2 Å². The number of carbonyl (C=O) groups is 2. The van der Waals surface area contributed by atoms with Gasteiger partial charge in [-0.2, -0.15) is 0 Å². The number of carbonyl (C=O) groups excluding carboxylic acids is 2. The van der Waals surface area contributed by atoms with E-state index in [1.54, 1.807) is 0 Å². The number of nitrogens with one attached hydrogen (secondary N) is 1. The third-order valence-electron chi connectivity index (χ3n) is 2.72. The lowest BCUT2D eigenvalue weighted by atomic mass is 10.1. The van der Waals surface area contributed by atoms with E-state index in [4.69, 9.17) is 0 Å². The van der Waals surface area contributed by atoms with Crippen LogP contribution in [0.25, 0.3) is 0 Å². The SMILES string of the molecule is CC[C@H](NC(=O)CCc1ccccc1)C(C)=O. The zero-order valence-corrected chi connectivity index (χ0v) is 10.4. The van der Waals surface area contributed by atoms with Gasteiger partial charge in [0.05, 0.1) is 6.04 Å². The summed E-state index contributed by atoms with van der Waals surface area (Å²) >= 11 is 0. The van der Waals surface area contributed by atoms with Gasteiger partial charge in [-0.3, -0.25) is 9.59 Å². The molecule has 0 spiro atoms. The first-order valence-corrected chi connectivity index (χ1v) is 5.97. The van der Waals surface area contributed by atoms with E-state index in [1.807, 2.05) is 37.3 Å². The molecule has 1 amide bonds. The molecule has 0 saturated carbocycles. The maximum atomic E-state index is 11.6. The highest BCUT2D eigenvalue weighted by Gasteiger charge is 2.14. The number of benzene rings is 1. The van der Waals surface area contributed by atoms with Gasteiger partial charge in [-0.05, 0) is 25.3 Å². The number of aryl methyl sites for hydroxylation is 1. The predicted octanol–water partition coefficient (Wildman–Crippen LogP) is 2.10. The van der Waals surface area contributed by atoms with Crippen LogP contribution in [-0.2, 0) is 16.0 Å². The molecule has 1 atom stereocenters. The largest absolute Gasteiger partial charge is 0.346 e. The predicted molar refractivity (Wildman–Crippen MR) is 67.7 cm³/mol. The average Bonchev–Trinajstić information content (AvgIpc) is 2.34. The number of hydrogen-bond acceptors (Lipinski definition) is 2. The monoisotopic (exact) mass is 233 g/mol. The van der Waals surface area contributed by atoms with Crippen molar-refractivity contribution in [1.82, 2.24) is 5.32 Å². The maximum absolute atomic E-state index is 11.6. The molecule has 0 bridgehead atoms. The number of amides is 1. The van der Waals surface area contributed by atoms with Gasteiger partial charge in [0.1, 0.15) is 0 Å². The van der Waals surface area contributed by atoms with Crippen LogP contribution in [0.15, 0.2) is 30.3 Å². The number of rotatable bonds is 6. The van der Waals surface area contributed by atoms with Crippen molar-refractivity contribution in [3.8, 4) is 0 Å². The lowest BCUT2D eigenvalue weighted by Gasteiger charge is -2.13. The Morgan fingerprint density at radius 3 is 2.41 bits per heavy atom. The van der Waals surface area contributed by atoms with Crippen molar-refractivity contribution in [2.45, 2.75) is 39.2 Å². The summed E-state index contributed by atoms with van der Waals surface area (Å²) in [6, 6.07) is 9.52. The molecule has 1 aromatic rings. The van der Waals surface area contributed by atoms with Crippen molar-refractivity contribution in [2.75, 3.05) is 0 Å². The van der Waals surface area contributed by atoms with Gasteiger partial charge in [0.2, 0.25) is 5.91 Å². The second-order valence-electron chi connectivity index (χ2n) is 4.12. The molecule has 0 aliphatic carbocycles. The van der Waals surface area contributed by atoms with Gasteiger partial charge in [-0.1, -0.05) is 37.3 Å². The van der Waals surface area contributed by atoms with E-state index in [9.17, 15) is 9.59 Å². The van der Waals surface area contributed by atoms with Crippen molar-refractivity contribution >= 4 is 11.7 Å². The fourth-order valence-corrected chi connectivity index (χ4v) is 1.66. The van der Waals surface area contributed by atoms with Crippen LogP contribution < -0.4 is 5.32 Å². The summed E-state index contributed by atoms with van der Waals surface area (Å²) in [5, 5.41) is 2.75. The Labute approximate surface area is 102 Å². The summed E-state index contributed by atoms with van der Waals surface area (Å²) in [5.41, 5.74) is 1.14. The quantitative estimate of drug-likeness (QED) is 0.818. The Kier molecular flexibility index (Phi) is 5.40. The van der Waals surface area contributed by atoms with E-state index in [-0.39, 0.29) is 17.7 Å². The van der Waals surface area contributed by atoms with Crippen LogP contribution in [-0.4, -0.2) is 17.7 Å². The minimum absolute atomic E-state index is 0.0144. The Morgan fingerprint density at radius 1 is 1.24 bits per heavy atom. The van der Waals surface area contributed by atoms with Crippen LogP contribution in [0.4, 0.5) is 0 Å². The van der Waals surface area contributed by atoms with E-state index >= 15 is 0 Å². The molecule has 3 nitrogen and oxygen atoms in total. The Hall–Kier alpha value is -1.64. The lowest BCUT2D eigenvalue weighted by molar-refractivity contribution is -0.126. The molecule has 0 heterocycles. The molecule has 17 heavy (non-hydrogen) atoms. The van der Waals surface area contributed by atoms with Crippen LogP contribution in [0.1, 0.15) is 32.3 Å². The van der Waals surface area contributed by atoms with E-state index in [1.165, 1.54) is 6.92 Å². The van der Waals surface area contributed by atoms with Crippen molar-refractivity contribution in [2.24, 2.45) is 0 Å². The van der Waals surface area contributed by atoms with Gasteiger partial charge >= 0.3 is 0 Å². The van der Waals surface area contributed by atoms with Crippen LogP contribution in [0.3, 0.4) is 0 Å². The molecule has 0 fully saturated rings. The van der Waals surface area contributed by atoms with Crippen LogP contribution in [0.5, 0.6) is 0 Å². The summed E-state index contributed by atoms with van der Waals surface area (Å²) in [4.78, 5) is 22.8. The van der Waals surface area contributed by atoms with Crippen molar-refractivity contribution in [1.29, 1.82) is 0 Å². The average molecular weight is 233 g/mol. The summed E-state index contributed by atoms with van der Waals surface area (Å²) in [6.07, 6.45) is 1.78. The van der Waals surface area contributed by atoms with Crippen LogP contribution in [0.2, 0.25) is 0 Å². The second kappa shape index (κ2) is 6.84. The molecule has 1 N–H and O–H groups in total. The maximum Gasteiger partial charge on any atom is 0.220 e. The molecule has 92 valence electrons. The summed E-state index contributed by atoms with van der Waals surface area (Å²) in [6.45, 7) is 3.40. The van der Waals surface area contributed by atoms with E-state index < -0.39 is 0 Å². The highest BCUT2D eigenvalue weighted by atomic mass is 16.2. The fraction of sp³-hybridized carbons (Fsp3) is 0.429. The molecule has 0 aromatic heterocycles. The number of Topliss-reactive ketones (excluding diaryl/α,β-unsaturated/α-hetero) is 1. The Bertz CT molecular complexity index is 373. The van der Waals surface area contributed by atoms with Gasteiger partial charge in [0.15, 0.2) is 5.78 Å². The zero-order chi connectivity index (χ0) is 12.7. The van der Waals surface area contributed by atoms with Crippen molar-refractivity contribution < 1.29 is 9.59 Å². The minimum atomic E-state index is -0.335. The summed E-state index contributed by atoms with van der Waals surface area (Å²) in [5.74, 6) is -0.0449. The van der Waals surface area contributed by atoms with Crippen LogP contribution >= 0.6 is 0 Å². The highest BCUT2D eigenvalue weighted by molar-refractivity contribution is 5.87. The molecule has 1 rings (SSSR count). The summed E-state index contributed by atoms with van der Waals surface area (Å²) in [7, 11) is 0. The molecule has 0 aliphatic rings. The van der Waals surface area contributed by atoms with Gasteiger partial charge < -0.3 is 5.32 Å². The number of ketones is 1. The van der Waals surface area contributed by atoms with E-state index in [0.29, 0.717) is 19.3 Å². The minimum Gasteiger partial charge on any atom is -0.346 e. The highest BCUT2D eigenvalue weighted by Crippen LogP contribution is 2.03. The first-order valence-electron chi connectivity index (χ1n) is 5.97. The van der Waals surface area contributed by atoms with Gasteiger partial charge in [0, 0.05) is 6.42 Å². The molecule has 0 unspecified atom stereocenters. The molecular weight excluding hydrogens is 214 g/mol. The van der Waals surface area contributed by atoms with Gasteiger partial charge in [-0.15, -0.1) is 0 Å². The fourth-order valence-electron chi connectivity index (χ4n) is 1.66. The van der Waals surface area contributed by atoms with E-state index in [2.05, 4.69) is 5.32 Å². The molecule has 0 aliphatic heterocycles. The third-order valence-corrected chi connectivity index (χ3v) is 2.72. The normalized spacial score (nSPS) is 11.9. The van der Waals surface area contributed by atoms with Gasteiger partial charge in [-0.25, -0.2) is 0 Å². The third kappa shape index (κ3) is 4.81. The van der Waals surface area contributed by atoms with Crippen molar-refractivity contribution in [3.63, 3.8) is 0 Å². The smallest absolute Gasteiger partial charge is 0.220 e. The molecular formula is C14H19NO2. The standard InChI is InChI=1S/C14H19NO2/c1-3-13(11(2)16)15-14(17)10-9-12-7-5-4-6-8-12/h4-8,13H,3,9-10H2,1-2H3,(H,15,17)/t13-/m0/s1. The van der Waals surface area contributed by atoms with Crippen molar-refractivity contribution in [3.05, 3.63) is 35.9 Å².